The van der Waals surface area contributed by atoms with Crippen molar-refractivity contribution in [3.8, 4) is 11.5 Å². The topological polar surface area (TPSA) is 59.0 Å². The van der Waals surface area contributed by atoms with Crippen molar-refractivity contribution in [2.45, 2.75) is 32.4 Å². The number of halogens is 2. The van der Waals surface area contributed by atoms with Gasteiger partial charge in [0.1, 0.15) is 6.04 Å². The largest absolute Gasteiger partial charge is 0.489 e. The summed E-state index contributed by atoms with van der Waals surface area (Å²) in [5.41, 5.74) is 1.37. The van der Waals surface area contributed by atoms with Crippen molar-refractivity contribution in [1.82, 2.24) is 0 Å². The average molecular weight is 351 g/mol. The number of nitrogens with zero attached hydrogens (tertiary/aromatic N) is 1. The molecule has 0 saturated heterocycles. The van der Waals surface area contributed by atoms with Gasteiger partial charge in [0.25, 0.3) is 0 Å². The number of alkyl halides is 2. The van der Waals surface area contributed by atoms with E-state index < -0.39 is 18.6 Å². The molecule has 134 valence electrons. The number of carbonyl (C=O) groups is 1. The van der Waals surface area contributed by atoms with Crippen LogP contribution in [-0.4, -0.2) is 30.3 Å². The second-order valence-corrected chi connectivity index (χ2v) is 6.18. The highest BCUT2D eigenvalue weighted by Gasteiger charge is 2.27. The Morgan fingerprint density at radius 1 is 1.36 bits per heavy atom. The summed E-state index contributed by atoms with van der Waals surface area (Å²) in [5.74, 6) is -0.431. The van der Waals surface area contributed by atoms with Crippen molar-refractivity contribution < 1.29 is 28.2 Å². The molecule has 0 spiro atoms. The van der Waals surface area contributed by atoms with Gasteiger partial charge in [0.05, 0.1) is 6.61 Å². The predicted octanol–water partition coefficient (Wildman–Crippen LogP) is 3.81. The first-order chi connectivity index (χ1) is 11.9. The molecule has 1 aromatic rings. The van der Waals surface area contributed by atoms with E-state index >= 15 is 0 Å². The van der Waals surface area contributed by atoms with Crippen molar-refractivity contribution in [2.75, 3.05) is 11.5 Å². The van der Waals surface area contributed by atoms with Gasteiger partial charge in [-0.2, -0.15) is 8.78 Å². The zero-order valence-corrected chi connectivity index (χ0v) is 13.7. The minimum atomic E-state index is -2.96. The maximum absolute atomic E-state index is 12.6. The molecule has 1 aromatic carbocycles. The maximum Gasteiger partial charge on any atom is 0.387 e. The van der Waals surface area contributed by atoms with Gasteiger partial charge in [0.2, 0.25) is 0 Å². The molecule has 1 aliphatic heterocycles. The first kappa shape index (κ1) is 17.3. The summed E-state index contributed by atoms with van der Waals surface area (Å²) < 4.78 is 35.3. The van der Waals surface area contributed by atoms with Crippen molar-refractivity contribution in [3.63, 3.8) is 0 Å². The summed E-state index contributed by atoms with van der Waals surface area (Å²) >= 11 is 0. The molecule has 1 aliphatic carbocycles. The smallest absolute Gasteiger partial charge is 0.387 e. The summed E-state index contributed by atoms with van der Waals surface area (Å²) in [6.07, 6.45) is 7.18. The molecule has 0 aromatic heterocycles. The molecule has 0 radical (unpaired) electrons. The summed E-state index contributed by atoms with van der Waals surface area (Å²) in [5, 5.41) is 9.44. The van der Waals surface area contributed by atoms with E-state index in [1.807, 2.05) is 6.92 Å². The summed E-state index contributed by atoms with van der Waals surface area (Å²) in [7, 11) is 0. The second kappa shape index (κ2) is 7.13. The molecule has 1 unspecified atom stereocenters. The molecule has 0 amide bonds. The lowest BCUT2D eigenvalue weighted by atomic mass is 10.1. The van der Waals surface area contributed by atoms with E-state index in [1.54, 1.807) is 23.3 Å². The Kier molecular flexibility index (Phi) is 4.92. The molecule has 3 rings (SSSR count). The summed E-state index contributed by atoms with van der Waals surface area (Å²) in [6, 6.07) is 3.58. The molecule has 1 atom stereocenters. The van der Waals surface area contributed by atoms with Crippen molar-refractivity contribution in [2.24, 2.45) is 5.92 Å². The molecule has 2 aliphatic rings. The molecule has 1 saturated carbocycles. The standard InChI is InChI=1S/C18H19F2NO4/c1-11-6-7-21(14(8-11)17(22)23)13-4-5-15(25-18(19)20)16(9-13)24-10-12-2-3-12/h4-9,12,14,18H,2-3,10H2,1H3,(H,22,23). The van der Waals surface area contributed by atoms with Gasteiger partial charge < -0.3 is 19.5 Å². The van der Waals surface area contributed by atoms with E-state index in [0.29, 0.717) is 18.2 Å². The minimum absolute atomic E-state index is 0.0565. The SMILES string of the molecule is CC1=CC(C(=O)O)N(c2ccc(OC(F)F)c(OCC3CC3)c2)C=C1. The fraction of sp³-hybridized carbons (Fsp3) is 0.389. The van der Waals surface area contributed by atoms with E-state index in [1.165, 1.54) is 18.2 Å². The van der Waals surface area contributed by atoms with Gasteiger partial charge >= 0.3 is 12.6 Å². The van der Waals surface area contributed by atoms with Crippen LogP contribution in [0.4, 0.5) is 14.5 Å². The van der Waals surface area contributed by atoms with Gasteiger partial charge in [-0.1, -0.05) is 5.57 Å². The lowest BCUT2D eigenvalue weighted by Gasteiger charge is -2.29. The van der Waals surface area contributed by atoms with Gasteiger partial charge in [-0.3, -0.25) is 0 Å². The van der Waals surface area contributed by atoms with Crippen LogP contribution in [0.5, 0.6) is 11.5 Å². The molecular weight excluding hydrogens is 332 g/mol. The van der Waals surface area contributed by atoms with Gasteiger partial charge in [0, 0.05) is 18.0 Å². The van der Waals surface area contributed by atoms with Gasteiger partial charge in [-0.25, -0.2) is 4.79 Å². The van der Waals surface area contributed by atoms with Crippen LogP contribution in [0.15, 0.2) is 42.1 Å². The molecule has 5 nitrogen and oxygen atoms in total. The molecule has 25 heavy (non-hydrogen) atoms. The van der Waals surface area contributed by atoms with E-state index in [9.17, 15) is 18.7 Å². The van der Waals surface area contributed by atoms with E-state index in [4.69, 9.17) is 4.74 Å². The Balaban J connectivity index is 1.88. The normalized spacial score (nSPS) is 19.8. The lowest BCUT2D eigenvalue weighted by Crippen LogP contribution is -2.37. The number of aliphatic carboxylic acids is 1. The molecule has 0 bridgehead atoms. The lowest BCUT2D eigenvalue weighted by molar-refractivity contribution is -0.137. The zero-order valence-electron chi connectivity index (χ0n) is 13.7. The van der Waals surface area contributed by atoms with Crippen molar-refractivity contribution >= 4 is 11.7 Å². The Morgan fingerprint density at radius 2 is 2.12 bits per heavy atom. The monoisotopic (exact) mass is 351 g/mol. The minimum Gasteiger partial charge on any atom is -0.489 e. The third kappa shape index (κ3) is 4.29. The maximum atomic E-state index is 12.6. The summed E-state index contributed by atoms with van der Waals surface area (Å²) in [6.45, 7) is -0.713. The van der Waals surface area contributed by atoms with Gasteiger partial charge in [0.15, 0.2) is 11.5 Å². The third-order valence-electron chi connectivity index (χ3n) is 4.08. The highest BCUT2D eigenvalue weighted by molar-refractivity contribution is 5.83. The number of hydrogen-bond donors (Lipinski definition) is 1. The molecule has 1 N–H and O–H groups in total. The van der Waals surface area contributed by atoms with Crippen LogP contribution in [0.3, 0.4) is 0 Å². The van der Waals surface area contributed by atoms with Crippen LogP contribution < -0.4 is 14.4 Å². The highest BCUT2D eigenvalue weighted by Crippen LogP contribution is 2.37. The second-order valence-electron chi connectivity index (χ2n) is 6.18. The van der Waals surface area contributed by atoms with Gasteiger partial charge in [-0.15, -0.1) is 0 Å². The van der Waals surface area contributed by atoms with E-state index in [-0.39, 0.29) is 11.5 Å². The van der Waals surface area contributed by atoms with Crippen LogP contribution in [0, 0.1) is 5.92 Å². The first-order valence-electron chi connectivity index (χ1n) is 8.03. The van der Waals surface area contributed by atoms with Crippen molar-refractivity contribution in [1.29, 1.82) is 0 Å². The Labute approximate surface area is 144 Å². The number of allylic oxidation sites excluding steroid dienone is 2. The zero-order chi connectivity index (χ0) is 18.0. The van der Waals surface area contributed by atoms with Crippen molar-refractivity contribution in [3.05, 3.63) is 42.1 Å². The van der Waals surface area contributed by atoms with Crippen LogP contribution in [0.2, 0.25) is 0 Å². The Hall–Kier alpha value is -2.57. The molecule has 7 heteroatoms. The van der Waals surface area contributed by atoms with Gasteiger partial charge in [-0.05, 0) is 50.0 Å². The number of anilines is 1. The Morgan fingerprint density at radius 3 is 2.76 bits per heavy atom. The molecular formula is C18H19F2NO4. The summed E-state index contributed by atoms with van der Waals surface area (Å²) in [4.78, 5) is 13.1. The third-order valence-corrected chi connectivity index (χ3v) is 4.08. The van der Waals surface area contributed by atoms with Crippen LogP contribution in [-0.2, 0) is 4.79 Å². The number of rotatable bonds is 7. The number of carboxylic acid groups (broad SMARTS) is 1. The molecule has 1 fully saturated rings. The van der Waals surface area contributed by atoms with Crippen LogP contribution >= 0.6 is 0 Å². The number of benzene rings is 1. The van der Waals surface area contributed by atoms with E-state index in [2.05, 4.69) is 4.74 Å². The Bertz CT molecular complexity index is 713. The van der Waals surface area contributed by atoms with Crippen LogP contribution in [0.25, 0.3) is 0 Å². The fourth-order valence-corrected chi connectivity index (χ4v) is 2.57. The highest BCUT2D eigenvalue weighted by atomic mass is 19.3. The number of carboxylic acids is 1. The number of hydrogen-bond acceptors (Lipinski definition) is 4. The van der Waals surface area contributed by atoms with E-state index in [0.717, 1.165) is 18.4 Å². The predicted molar refractivity (Wildman–Crippen MR) is 88.1 cm³/mol. The average Bonchev–Trinajstić information content (AvgIpc) is 3.37. The first-order valence-corrected chi connectivity index (χ1v) is 8.03. The number of ether oxygens (including phenoxy) is 2. The quantitative estimate of drug-likeness (QED) is 0.809. The fourth-order valence-electron chi connectivity index (χ4n) is 2.57. The van der Waals surface area contributed by atoms with Crippen LogP contribution in [0.1, 0.15) is 19.8 Å². The molecule has 1 heterocycles.